The number of carbonyl (C=O) groups excluding carboxylic acids is 1. The summed E-state index contributed by atoms with van der Waals surface area (Å²) >= 11 is 0. The Morgan fingerprint density at radius 2 is 1.68 bits per heavy atom. The van der Waals surface area contributed by atoms with Gasteiger partial charge < -0.3 is 4.74 Å². The van der Waals surface area contributed by atoms with Gasteiger partial charge in [-0.25, -0.2) is 4.79 Å². The summed E-state index contributed by atoms with van der Waals surface area (Å²) in [6.45, 7) is 2.02. The number of benzene rings is 1. The molecule has 0 saturated heterocycles. The van der Waals surface area contributed by atoms with Crippen LogP contribution in [0.5, 0.6) is 0 Å². The number of nitriles is 2. The highest BCUT2D eigenvalue weighted by atomic mass is 16.5. The highest BCUT2D eigenvalue weighted by Crippen LogP contribution is 2.14. The second kappa shape index (κ2) is 7.47. The van der Waals surface area contributed by atoms with E-state index >= 15 is 0 Å². The largest absolute Gasteiger partial charge is 0.462 e. The van der Waals surface area contributed by atoms with Crippen molar-refractivity contribution in [2.45, 2.75) is 6.92 Å². The van der Waals surface area contributed by atoms with E-state index in [2.05, 4.69) is 0 Å². The topological polar surface area (TPSA) is 73.9 Å². The van der Waals surface area contributed by atoms with Crippen molar-refractivity contribution >= 4 is 18.1 Å². The van der Waals surface area contributed by atoms with Crippen LogP contribution in [0.2, 0.25) is 0 Å². The molecule has 0 unspecified atom stereocenters. The van der Waals surface area contributed by atoms with Gasteiger partial charge in [0.05, 0.1) is 24.3 Å². The van der Waals surface area contributed by atoms with E-state index in [1.807, 2.05) is 12.1 Å². The molecule has 4 heteroatoms. The molecule has 0 radical (unpaired) electrons. The molecule has 0 saturated carbocycles. The van der Waals surface area contributed by atoms with E-state index in [1.165, 1.54) is 12.2 Å². The van der Waals surface area contributed by atoms with Crippen LogP contribution in [0.3, 0.4) is 0 Å². The standard InChI is InChI=1S/C15H12N2O2/c1-2-19-15(18)14-10-12(5-3-7-16)9-13(11-14)6-4-8-17/h3-6,9-11H,2H2,1H3/b5-3+,6-4+. The molecule has 0 heterocycles. The van der Waals surface area contributed by atoms with Crippen LogP contribution in [0.4, 0.5) is 0 Å². The average molecular weight is 252 g/mol. The Morgan fingerprint density at radius 1 is 1.16 bits per heavy atom. The first-order valence-corrected chi connectivity index (χ1v) is 5.65. The normalized spacial score (nSPS) is 10.3. The predicted octanol–water partition coefficient (Wildman–Crippen LogP) is 2.94. The monoisotopic (exact) mass is 252 g/mol. The number of esters is 1. The van der Waals surface area contributed by atoms with Gasteiger partial charge in [0.25, 0.3) is 0 Å². The highest BCUT2D eigenvalue weighted by molar-refractivity contribution is 5.91. The van der Waals surface area contributed by atoms with Gasteiger partial charge in [-0.15, -0.1) is 0 Å². The van der Waals surface area contributed by atoms with Crippen molar-refractivity contribution in [2.75, 3.05) is 6.61 Å². The minimum Gasteiger partial charge on any atom is -0.462 e. The fraction of sp³-hybridized carbons (Fsp3) is 0.133. The molecule has 0 fully saturated rings. The second-order valence-electron chi connectivity index (χ2n) is 3.53. The molecule has 94 valence electrons. The zero-order valence-corrected chi connectivity index (χ0v) is 10.5. The molecule has 0 aliphatic carbocycles. The molecule has 19 heavy (non-hydrogen) atoms. The minimum atomic E-state index is -0.429. The minimum absolute atomic E-state index is 0.292. The van der Waals surface area contributed by atoms with Crippen molar-refractivity contribution in [1.29, 1.82) is 10.5 Å². The number of rotatable bonds is 4. The van der Waals surface area contributed by atoms with Crippen molar-refractivity contribution < 1.29 is 9.53 Å². The van der Waals surface area contributed by atoms with Crippen LogP contribution < -0.4 is 0 Å². The summed E-state index contributed by atoms with van der Waals surface area (Å²) in [7, 11) is 0. The Morgan fingerprint density at radius 3 is 2.11 bits per heavy atom. The molecule has 0 aliphatic heterocycles. The average Bonchev–Trinajstić information content (AvgIpc) is 2.43. The van der Waals surface area contributed by atoms with E-state index < -0.39 is 5.97 Å². The fourth-order valence-corrected chi connectivity index (χ4v) is 1.47. The Kier molecular flexibility index (Phi) is 5.59. The summed E-state index contributed by atoms with van der Waals surface area (Å²) in [6.07, 6.45) is 5.82. The molecule has 1 aromatic carbocycles. The van der Waals surface area contributed by atoms with E-state index in [1.54, 1.807) is 37.3 Å². The number of hydrogen-bond donors (Lipinski definition) is 0. The van der Waals surface area contributed by atoms with Crippen LogP contribution in [0.15, 0.2) is 30.4 Å². The van der Waals surface area contributed by atoms with Gasteiger partial charge in [0.15, 0.2) is 0 Å². The number of carbonyl (C=O) groups is 1. The molecule has 0 aliphatic rings. The lowest BCUT2D eigenvalue weighted by atomic mass is 10.0. The maximum absolute atomic E-state index is 11.7. The van der Waals surface area contributed by atoms with E-state index in [-0.39, 0.29) is 0 Å². The lowest BCUT2D eigenvalue weighted by molar-refractivity contribution is 0.0526. The Hall–Kier alpha value is -2.85. The van der Waals surface area contributed by atoms with Gasteiger partial charge in [0, 0.05) is 12.2 Å². The smallest absolute Gasteiger partial charge is 0.338 e. The van der Waals surface area contributed by atoms with Crippen LogP contribution in [0.25, 0.3) is 12.2 Å². The lowest BCUT2D eigenvalue weighted by Crippen LogP contribution is -2.05. The summed E-state index contributed by atoms with van der Waals surface area (Å²) in [6, 6.07) is 8.81. The van der Waals surface area contributed by atoms with Crippen LogP contribution in [-0.4, -0.2) is 12.6 Å². The first-order chi connectivity index (χ1) is 9.21. The highest BCUT2D eigenvalue weighted by Gasteiger charge is 2.07. The third-order valence-corrected chi connectivity index (χ3v) is 2.19. The van der Waals surface area contributed by atoms with Crippen molar-refractivity contribution in [3.63, 3.8) is 0 Å². The van der Waals surface area contributed by atoms with Crippen LogP contribution in [-0.2, 0) is 4.74 Å². The first-order valence-electron chi connectivity index (χ1n) is 5.65. The van der Waals surface area contributed by atoms with E-state index in [4.69, 9.17) is 15.3 Å². The second-order valence-corrected chi connectivity index (χ2v) is 3.53. The molecule has 0 amide bonds. The quantitative estimate of drug-likeness (QED) is 0.610. The van der Waals surface area contributed by atoms with Crippen molar-refractivity contribution in [3.8, 4) is 12.1 Å². The molecule has 0 bridgehead atoms. The van der Waals surface area contributed by atoms with Gasteiger partial charge in [-0.2, -0.15) is 10.5 Å². The Balaban J connectivity index is 3.20. The number of allylic oxidation sites excluding steroid dienone is 2. The maximum Gasteiger partial charge on any atom is 0.338 e. The SMILES string of the molecule is CCOC(=O)c1cc(/C=C/C#N)cc(/C=C/C#N)c1. The van der Waals surface area contributed by atoms with Gasteiger partial charge in [-0.3, -0.25) is 0 Å². The Bertz CT molecular complexity index is 559. The van der Waals surface area contributed by atoms with E-state index in [0.717, 1.165) is 0 Å². The van der Waals surface area contributed by atoms with Crippen molar-refractivity contribution in [2.24, 2.45) is 0 Å². The van der Waals surface area contributed by atoms with Gasteiger partial charge in [-0.1, -0.05) is 0 Å². The molecule has 0 spiro atoms. The predicted molar refractivity (Wildman–Crippen MR) is 71.7 cm³/mol. The zero-order chi connectivity index (χ0) is 14.1. The molecule has 1 aromatic rings. The van der Waals surface area contributed by atoms with E-state index in [9.17, 15) is 4.79 Å². The van der Waals surface area contributed by atoms with Gasteiger partial charge in [0.2, 0.25) is 0 Å². The first kappa shape index (κ1) is 14.2. The molecule has 4 nitrogen and oxygen atoms in total. The van der Waals surface area contributed by atoms with Gasteiger partial charge in [0.1, 0.15) is 0 Å². The number of hydrogen-bond acceptors (Lipinski definition) is 4. The molecule has 0 N–H and O–H groups in total. The summed E-state index contributed by atoms with van der Waals surface area (Å²) in [5, 5.41) is 17.0. The van der Waals surface area contributed by atoms with Crippen LogP contribution in [0.1, 0.15) is 28.4 Å². The summed E-state index contributed by atoms with van der Waals surface area (Å²) < 4.78 is 4.93. The number of nitrogens with zero attached hydrogens (tertiary/aromatic N) is 2. The molecule has 0 atom stereocenters. The van der Waals surface area contributed by atoms with Crippen LogP contribution in [0, 0.1) is 22.7 Å². The van der Waals surface area contributed by atoms with Gasteiger partial charge >= 0.3 is 5.97 Å². The summed E-state index contributed by atoms with van der Waals surface area (Å²) in [4.78, 5) is 11.7. The number of ether oxygens (including phenoxy) is 1. The molecular weight excluding hydrogens is 240 g/mol. The maximum atomic E-state index is 11.7. The zero-order valence-electron chi connectivity index (χ0n) is 10.5. The van der Waals surface area contributed by atoms with Crippen LogP contribution >= 0.6 is 0 Å². The van der Waals surface area contributed by atoms with Crippen molar-refractivity contribution in [3.05, 3.63) is 47.0 Å². The third-order valence-electron chi connectivity index (χ3n) is 2.19. The van der Waals surface area contributed by atoms with Gasteiger partial charge in [-0.05, 0) is 48.4 Å². The third kappa shape index (κ3) is 4.49. The Labute approximate surface area is 111 Å². The fourth-order valence-electron chi connectivity index (χ4n) is 1.47. The molecular formula is C15H12N2O2. The summed E-state index contributed by atoms with van der Waals surface area (Å²) in [5.41, 5.74) is 1.79. The molecule has 1 rings (SSSR count). The lowest BCUT2D eigenvalue weighted by Gasteiger charge is -2.05. The molecule has 0 aromatic heterocycles. The van der Waals surface area contributed by atoms with Crippen molar-refractivity contribution in [1.82, 2.24) is 0 Å². The summed E-state index contributed by atoms with van der Waals surface area (Å²) in [5.74, 6) is -0.429. The van der Waals surface area contributed by atoms with E-state index in [0.29, 0.717) is 23.3 Å².